The minimum Gasteiger partial charge on any atom is -0.382 e. The molecular formula is C13H24N4OS. The normalized spacial score (nSPS) is 11.7. The molecule has 0 radical (unpaired) electrons. The van der Waals surface area contributed by atoms with E-state index in [2.05, 4.69) is 27.5 Å². The topological polar surface area (TPSA) is 58.5 Å². The first-order valence-electron chi connectivity index (χ1n) is 6.62. The van der Waals surface area contributed by atoms with Gasteiger partial charge in [0.25, 0.3) is 0 Å². The predicted octanol–water partition coefficient (Wildman–Crippen LogP) is 1.85. The van der Waals surface area contributed by atoms with Gasteiger partial charge in [-0.2, -0.15) is 0 Å². The molecule has 1 aromatic rings. The third-order valence-electron chi connectivity index (χ3n) is 2.67. The van der Waals surface area contributed by atoms with Crippen LogP contribution in [-0.2, 0) is 11.3 Å². The van der Waals surface area contributed by atoms with E-state index in [0.29, 0.717) is 6.54 Å². The summed E-state index contributed by atoms with van der Waals surface area (Å²) in [5, 5.41) is 7.61. The number of nitrogens with one attached hydrogen (secondary N) is 2. The Morgan fingerprint density at radius 2 is 2.16 bits per heavy atom. The Balaban J connectivity index is 2.25. The van der Waals surface area contributed by atoms with E-state index in [9.17, 15) is 0 Å². The molecule has 0 amide bonds. The Morgan fingerprint density at radius 1 is 1.37 bits per heavy atom. The maximum absolute atomic E-state index is 5.29. The van der Waals surface area contributed by atoms with Crippen molar-refractivity contribution < 1.29 is 4.74 Å². The summed E-state index contributed by atoms with van der Waals surface area (Å²) in [6.07, 6.45) is 0.976. The molecule has 0 aliphatic heterocycles. The van der Waals surface area contributed by atoms with Crippen LogP contribution in [0.4, 0.5) is 0 Å². The minimum absolute atomic E-state index is 0.713. The van der Waals surface area contributed by atoms with Crippen LogP contribution in [0.1, 0.15) is 28.9 Å². The van der Waals surface area contributed by atoms with E-state index in [1.807, 2.05) is 13.8 Å². The van der Waals surface area contributed by atoms with Gasteiger partial charge >= 0.3 is 0 Å². The van der Waals surface area contributed by atoms with Crippen molar-refractivity contribution in [3.8, 4) is 0 Å². The lowest BCUT2D eigenvalue weighted by molar-refractivity contribution is 0.145. The van der Waals surface area contributed by atoms with Gasteiger partial charge in [0.1, 0.15) is 5.01 Å². The molecule has 0 saturated carbocycles. The van der Waals surface area contributed by atoms with Crippen LogP contribution in [0.3, 0.4) is 0 Å². The SMILES string of the molecule is CCOCCCNC(=NC)NCc1nc(C)c(C)s1. The van der Waals surface area contributed by atoms with Crippen LogP contribution in [0.25, 0.3) is 0 Å². The number of aliphatic imine (C=N–C) groups is 1. The zero-order valence-corrected chi connectivity index (χ0v) is 13.1. The van der Waals surface area contributed by atoms with Gasteiger partial charge in [-0.15, -0.1) is 11.3 Å². The zero-order chi connectivity index (χ0) is 14.1. The van der Waals surface area contributed by atoms with Crippen LogP contribution < -0.4 is 10.6 Å². The van der Waals surface area contributed by atoms with E-state index in [1.165, 1.54) is 4.88 Å². The molecule has 0 unspecified atom stereocenters. The summed E-state index contributed by atoms with van der Waals surface area (Å²) in [6, 6.07) is 0. The predicted molar refractivity (Wildman–Crippen MR) is 80.9 cm³/mol. The summed E-state index contributed by atoms with van der Waals surface area (Å²) in [7, 11) is 1.77. The number of guanidine groups is 1. The number of thiazole rings is 1. The van der Waals surface area contributed by atoms with Crippen LogP contribution in [0.15, 0.2) is 4.99 Å². The maximum atomic E-state index is 5.29. The average Bonchev–Trinajstić information content (AvgIpc) is 2.72. The molecular weight excluding hydrogens is 260 g/mol. The largest absolute Gasteiger partial charge is 0.382 e. The van der Waals surface area contributed by atoms with Crippen molar-refractivity contribution in [3.05, 3.63) is 15.6 Å². The van der Waals surface area contributed by atoms with E-state index in [-0.39, 0.29) is 0 Å². The molecule has 6 heteroatoms. The van der Waals surface area contributed by atoms with Gasteiger partial charge in [-0.05, 0) is 27.2 Å². The van der Waals surface area contributed by atoms with Crippen molar-refractivity contribution in [2.75, 3.05) is 26.8 Å². The number of rotatable bonds is 7. The van der Waals surface area contributed by atoms with Gasteiger partial charge in [0.15, 0.2) is 5.96 Å². The summed E-state index contributed by atoms with van der Waals surface area (Å²) in [4.78, 5) is 9.95. The molecule has 0 atom stereocenters. The highest BCUT2D eigenvalue weighted by molar-refractivity contribution is 7.11. The van der Waals surface area contributed by atoms with E-state index >= 15 is 0 Å². The van der Waals surface area contributed by atoms with Gasteiger partial charge in [-0.3, -0.25) is 4.99 Å². The monoisotopic (exact) mass is 284 g/mol. The van der Waals surface area contributed by atoms with Gasteiger partial charge in [0, 0.05) is 31.7 Å². The van der Waals surface area contributed by atoms with Crippen LogP contribution in [0, 0.1) is 13.8 Å². The molecule has 0 saturated heterocycles. The van der Waals surface area contributed by atoms with Gasteiger partial charge in [-0.25, -0.2) is 4.98 Å². The first-order chi connectivity index (χ1) is 9.17. The number of nitrogens with zero attached hydrogens (tertiary/aromatic N) is 2. The molecule has 0 aliphatic rings. The van der Waals surface area contributed by atoms with Gasteiger partial charge in [0.05, 0.1) is 12.2 Å². The van der Waals surface area contributed by atoms with E-state index in [4.69, 9.17) is 4.74 Å². The summed E-state index contributed by atoms with van der Waals surface area (Å²) in [5.74, 6) is 0.807. The zero-order valence-electron chi connectivity index (χ0n) is 12.2. The molecule has 1 rings (SSSR count). The Morgan fingerprint density at radius 3 is 2.74 bits per heavy atom. The molecule has 0 spiro atoms. The first kappa shape index (κ1) is 15.9. The molecule has 19 heavy (non-hydrogen) atoms. The Labute approximate surface area is 119 Å². The lowest BCUT2D eigenvalue weighted by Gasteiger charge is -2.10. The van der Waals surface area contributed by atoms with Gasteiger partial charge in [-0.1, -0.05) is 0 Å². The second-order valence-corrected chi connectivity index (χ2v) is 5.44. The molecule has 0 bridgehead atoms. The van der Waals surface area contributed by atoms with Crippen molar-refractivity contribution in [1.82, 2.24) is 15.6 Å². The fourth-order valence-corrected chi connectivity index (χ4v) is 2.39. The molecule has 5 nitrogen and oxygen atoms in total. The number of hydrogen-bond donors (Lipinski definition) is 2. The van der Waals surface area contributed by atoms with Crippen LogP contribution >= 0.6 is 11.3 Å². The summed E-state index contributed by atoms with van der Waals surface area (Å²) in [5.41, 5.74) is 1.11. The molecule has 0 aromatic carbocycles. The highest BCUT2D eigenvalue weighted by Crippen LogP contribution is 2.15. The van der Waals surface area contributed by atoms with E-state index in [1.54, 1.807) is 18.4 Å². The number of aryl methyl sites for hydroxylation is 2. The average molecular weight is 284 g/mol. The maximum Gasteiger partial charge on any atom is 0.191 e. The van der Waals surface area contributed by atoms with Crippen molar-refractivity contribution >= 4 is 17.3 Å². The minimum atomic E-state index is 0.713. The standard InChI is InChI=1S/C13H24N4OS/c1-5-18-8-6-7-15-13(14-4)16-9-12-17-10(2)11(3)19-12/h5-9H2,1-4H3,(H2,14,15,16). The van der Waals surface area contributed by atoms with Crippen molar-refractivity contribution in [2.45, 2.75) is 33.7 Å². The second kappa shape index (κ2) is 8.87. The third-order valence-corrected chi connectivity index (χ3v) is 3.74. The highest BCUT2D eigenvalue weighted by Gasteiger charge is 2.04. The smallest absolute Gasteiger partial charge is 0.191 e. The Bertz CT molecular complexity index is 384. The lowest BCUT2D eigenvalue weighted by Crippen LogP contribution is -2.37. The summed E-state index contributed by atoms with van der Waals surface area (Å²) in [6.45, 7) is 9.26. The molecule has 108 valence electrons. The lowest BCUT2D eigenvalue weighted by atomic mass is 10.4. The first-order valence-corrected chi connectivity index (χ1v) is 7.44. The van der Waals surface area contributed by atoms with Gasteiger partial charge < -0.3 is 15.4 Å². The second-order valence-electron chi connectivity index (χ2n) is 4.15. The number of hydrogen-bond acceptors (Lipinski definition) is 4. The van der Waals surface area contributed by atoms with Crippen LogP contribution in [-0.4, -0.2) is 37.7 Å². The Kier molecular flexibility index (Phi) is 7.43. The highest BCUT2D eigenvalue weighted by atomic mass is 32.1. The molecule has 1 heterocycles. The molecule has 1 aromatic heterocycles. The molecule has 0 fully saturated rings. The fourth-order valence-electron chi connectivity index (χ4n) is 1.52. The van der Waals surface area contributed by atoms with Crippen molar-refractivity contribution in [3.63, 3.8) is 0 Å². The van der Waals surface area contributed by atoms with Crippen LogP contribution in [0.5, 0.6) is 0 Å². The summed E-state index contributed by atoms with van der Waals surface area (Å²) < 4.78 is 5.29. The number of aromatic nitrogens is 1. The third kappa shape index (κ3) is 6.02. The molecule has 0 aliphatic carbocycles. The summed E-state index contributed by atoms with van der Waals surface area (Å²) >= 11 is 1.73. The number of ether oxygens (including phenoxy) is 1. The van der Waals surface area contributed by atoms with Crippen LogP contribution in [0.2, 0.25) is 0 Å². The van der Waals surface area contributed by atoms with E-state index < -0.39 is 0 Å². The fraction of sp³-hybridized carbons (Fsp3) is 0.692. The van der Waals surface area contributed by atoms with E-state index in [0.717, 1.165) is 42.8 Å². The quantitative estimate of drug-likeness (QED) is 0.456. The van der Waals surface area contributed by atoms with Crippen molar-refractivity contribution in [1.29, 1.82) is 0 Å². The van der Waals surface area contributed by atoms with Gasteiger partial charge in [0.2, 0.25) is 0 Å². The molecule has 2 N–H and O–H groups in total. The van der Waals surface area contributed by atoms with Crippen molar-refractivity contribution in [2.24, 2.45) is 4.99 Å². The Hall–Kier alpha value is -1.14.